The van der Waals surface area contributed by atoms with Crippen molar-refractivity contribution in [2.75, 3.05) is 5.32 Å². The first-order valence-electron chi connectivity index (χ1n) is 7.76. The summed E-state index contributed by atoms with van der Waals surface area (Å²) in [6, 6.07) is 8.72. The lowest BCUT2D eigenvalue weighted by molar-refractivity contribution is -0.114. The summed E-state index contributed by atoms with van der Waals surface area (Å²) in [6.07, 6.45) is 5.11. The second-order valence-electron chi connectivity index (χ2n) is 6.01. The average Bonchev–Trinajstić information content (AvgIpc) is 2.94. The van der Waals surface area contributed by atoms with Crippen molar-refractivity contribution in [2.24, 2.45) is 0 Å². The number of anilines is 1. The number of hydrogen-bond donors (Lipinski definition) is 3. The molecule has 0 unspecified atom stereocenters. The summed E-state index contributed by atoms with van der Waals surface area (Å²) >= 11 is 0. The highest BCUT2D eigenvalue weighted by Gasteiger charge is 2.21. The van der Waals surface area contributed by atoms with Gasteiger partial charge in [0.1, 0.15) is 0 Å². The average molecular weight is 298 g/mol. The molecule has 0 spiro atoms. The molecule has 116 valence electrons. The van der Waals surface area contributed by atoms with E-state index in [2.05, 4.69) is 33.8 Å². The van der Waals surface area contributed by atoms with Crippen molar-refractivity contribution in [2.45, 2.75) is 45.2 Å². The predicted molar refractivity (Wildman–Crippen MR) is 86.7 cm³/mol. The van der Waals surface area contributed by atoms with Crippen LogP contribution in [-0.4, -0.2) is 22.1 Å². The van der Waals surface area contributed by atoms with Crippen LogP contribution in [0.5, 0.6) is 0 Å². The van der Waals surface area contributed by atoms with Crippen LogP contribution in [-0.2, 0) is 17.6 Å². The zero-order valence-electron chi connectivity index (χ0n) is 13.0. The number of hydrogen-bond acceptors (Lipinski definition) is 3. The Bertz CT molecular complexity index is 664. The molecule has 3 N–H and O–H groups in total. The van der Waals surface area contributed by atoms with Gasteiger partial charge in [-0.2, -0.15) is 5.10 Å². The van der Waals surface area contributed by atoms with Crippen LogP contribution in [0.3, 0.4) is 0 Å². The van der Waals surface area contributed by atoms with Gasteiger partial charge in [-0.15, -0.1) is 0 Å². The van der Waals surface area contributed by atoms with E-state index in [1.807, 2.05) is 24.4 Å². The molecule has 5 nitrogen and oxygen atoms in total. The summed E-state index contributed by atoms with van der Waals surface area (Å²) in [7, 11) is 0. The molecule has 0 fully saturated rings. The van der Waals surface area contributed by atoms with Crippen molar-refractivity contribution in [3.05, 3.63) is 47.3 Å². The molecular formula is C17H22N4O. The Morgan fingerprint density at radius 3 is 3.14 bits per heavy atom. The number of amides is 1. The molecule has 0 saturated heterocycles. The summed E-state index contributed by atoms with van der Waals surface area (Å²) in [6.45, 7) is 3.69. The fraction of sp³-hybridized carbons (Fsp3) is 0.412. The number of nitrogens with zero attached hydrogens (tertiary/aromatic N) is 1. The van der Waals surface area contributed by atoms with Crippen molar-refractivity contribution in [3.8, 4) is 0 Å². The molecule has 1 amide bonds. The molecular weight excluding hydrogens is 276 g/mol. The third-order valence-corrected chi connectivity index (χ3v) is 4.21. The standard InChI is InChI=1S/C17H22N4O/c1-11(13-4-3-5-15(8-13)20-12(2)22)19-16-6-7-17-14(9-16)10-18-21-17/h3-5,8,10-11,16,19H,6-7,9H2,1-2H3,(H,18,21)(H,20,22)/t11-,16+/m0/s1. The summed E-state index contributed by atoms with van der Waals surface area (Å²) in [5, 5.41) is 13.7. The fourth-order valence-electron chi connectivity index (χ4n) is 3.10. The minimum Gasteiger partial charge on any atom is -0.326 e. The lowest BCUT2D eigenvalue weighted by Crippen LogP contribution is -2.36. The van der Waals surface area contributed by atoms with E-state index in [4.69, 9.17) is 0 Å². The Kier molecular flexibility index (Phi) is 4.24. The quantitative estimate of drug-likeness (QED) is 0.812. The lowest BCUT2D eigenvalue weighted by atomic mass is 9.92. The molecule has 1 aromatic carbocycles. The number of aromatic nitrogens is 2. The van der Waals surface area contributed by atoms with Gasteiger partial charge in [-0.05, 0) is 49.4 Å². The first-order chi connectivity index (χ1) is 10.6. The van der Waals surface area contributed by atoms with Crippen LogP contribution in [0.1, 0.15) is 43.1 Å². The van der Waals surface area contributed by atoms with E-state index >= 15 is 0 Å². The van der Waals surface area contributed by atoms with Gasteiger partial charge in [-0.1, -0.05) is 12.1 Å². The highest BCUT2D eigenvalue weighted by Crippen LogP contribution is 2.23. The Morgan fingerprint density at radius 1 is 1.45 bits per heavy atom. The van der Waals surface area contributed by atoms with Crippen molar-refractivity contribution in [1.82, 2.24) is 15.5 Å². The van der Waals surface area contributed by atoms with Crippen LogP contribution in [0.15, 0.2) is 30.5 Å². The SMILES string of the molecule is CC(=O)Nc1cccc([C@H](C)N[C@@H]2CCc3[nH]ncc3C2)c1. The van der Waals surface area contributed by atoms with E-state index in [1.165, 1.54) is 23.7 Å². The molecule has 1 aromatic heterocycles. The van der Waals surface area contributed by atoms with Gasteiger partial charge in [0.05, 0.1) is 6.20 Å². The first kappa shape index (κ1) is 14.8. The van der Waals surface area contributed by atoms with Gasteiger partial charge in [0.25, 0.3) is 0 Å². The van der Waals surface area contributed by atoms with E-state index in [0.29, 0.717) is 6.04 Å². The van der Waals surface area contributed by atoms with Gasteiger partial charge in [0.2, 0.25) is 5.91 Å². The van der Waals surface area contributed by atoms with Gasteiger partial charge in [0.15, 0.2) is 0 Å². The molecule has 5 heteroatoms. The molecule has 3 rings (SSSR count). The molecule has 1 aliphatic rings. The number of H-pyrrole nitrogens is 1. The first-order valence-corrected chi connectivity index (χ1v) is 7.76. The van der Waals surface area contributed by atoms with Crippen LogP contribution < -0.4 is 10.6 Å². The van der Waals surface area contributed by atoms with Crippen molar-refractivity contribution < 1.29 is 4.79 Å². The number of carbonyl (C=O) groups excluding carboxylic acids is 1. The van der Waals surface area contributed by atoms with E-state index in [9.17, 15) is 4.79 Å². The third-order valence-electron chi connectivity index (χ3n) is 4.21. The van der Waals surface area contributed by atoms with Crippen molar-refractivity contribution >= 4 is 11.6 Å². The minimum atomic E-state index is -0.0440. The Morgan fingerprint density at radius 2 is 2.32 bits per heavy atom. The second-order valence-corrected chi connectivity index (χ2v) is 6.01. The number of benzene rings is 1. The predicted octanol–water partition coefficient (Wildman–Crippen LogP) is 2.58. The Labute approximate surface area is 130 Å². The summed E-state index contributed by atoms with van der Waals surface area (Å²) < 4.78 is 0. The zero-order chi connectivity index (χ0) is 15.5. The number of aryl methyl sites for hydroxylation is 1. The number of fused-ring (bicyclic) bond motifs is 1. The maximum Gasteiger partial charge on any atom is 0.221 e. The van der Waals surface area contributed by atoms with Crippen molar-refractivity contribution in [1.29, 1.82) is 0 Å². The maximum absolute atomic E-state index is 11.2. The zero-order valence-corrected chi connectivity index (χ0v) is 13.0. The van der Waals surface area contributed by atoms with Gasteiger partial charge < -0.3 is 10.6 Å². The molecule has 0 bridgehead atoms. The summed E-state index contributed by atoms with van der Waals surface area (Å²) in [4.78, 5) is 11.2. The molecule has 0 aliphatic heterocycles. The van der Waals surface area contributed by atoms with E-state index in [-0.39, 0.29) is 11.9 Å². The van der Waals surface area contributed by atoms with Gasteiger partial charge >= 0.3 is 0 Å². The summed E-state index contributed by atoms with van der Waals surface area (Å²) in [5.41, 5.74) is 4.63. The molecule has 0 saturated carbocycles. The number of nitrogens with one attached hydrogen (secondary N) is 3. The fourth-order valence-corrected chi connectivity index (χ4v) is 3.10. The molecule has 2 aromatic rings. The minimum absolute atomic E-state index is 0.0440. The molecule has 22 heavy (non-hydrogen) atoms. The van der Waals surface area contributed by atoms with Crippen LogP contribution >= 0.6 is 0 Å². The largest absolute Gasteiger partial charge is 0.326 e. The molecule has 2 atom stereocenters. The van der Waals surface area contributed by atoms with E-state index < -0.39 is 0 Å². The Balaban J connectivity index is 1.65. The van der Waals surface area contributed by atoms with E-state index in [1.54, 1.807) is 0 Å². The monoisotopic (exact) mass is 298 g/mol. The van der Waals surface area contributed by atoms with Gasteiger partial charge in [-0.25, -0.2) is 0 Å². The number of carbonyl (C=O) groups is 1. The highest BCUT2D eigenvalue weighted by atomic mass is 16.1. The second kappa shape index (κ2) is 6.32. The number of rotatable bonds is 4. The topological polar surface area (TPSA) is 69.8 Å². The van der Waals surface area contributed by atoms with Crippen molar-refractivity contribution in [3.63, 3.8) is 0 Å². The lowest BCUT2D eigenvalue weighted by Gasteiger charge is -2.27. The van der Waals surface area contributed by atoms with Gasteiger partial charge in [-0.3, -0.25) is 9.89 Å². The Hall–Kier alpha value is -2.14. The number of aromatic amines is 1. The maximum atomic E-state index is 11.2. The molecule has 1 heterocycles. The van der Waals surface area contributed by atoms with E-state index in [0.717, 1.165) is 24.9 Å². The summed E-state index contributed by atoms with van der Waals surface area (Å²) in [5.74, 6) is -0.0440. The van der Waals surface area contributed by atoms with Crippen LogP contribution in [0, 0.1) is 0 Å². The van der Waals surface area contributed by atoms with Crippen LogP contribution in [0.25, 0.3) is 0 Å². The normalized spacial score (nSPS) is 18.5. The van der Waals surface area contributed by atoms with Crippen LogP contribution in [0.2, 0.25) is 0 Å². The molecule has 1 aliphatic carbocycles. The van der Waals surface area contributed by atoms with Crippen LogP contribution in [0.4, 0.5) is 5.69 Å². The molecule has 0 radical (unpaired) electrons. The smallest absolute Gasteiger partial charge is 0.221 e. The van der Waals surface area contributed by atoms with Gasteiger partial charge in [0, 0.05) is 30.4 Å². The third kappa shape index (κ3) is 3.36. The highest BCUT2D eigenvalue weighted by molar-refractivity contribution is 5.88.